The quantitative estimate of drug-likeness (QED) is 0.103. The first-order valence-electron chi connectivity index (χ1n) is 12.5. The highest BCUT2D eigenvalue weighted by molar-refractivity contribution is 5.97. The Morgan fingerprint density at radius 3 is 2.82 bits per heavy atom. The summed E-state index contributed by atoms with van der Waals surface area (Å²) < 4.78 is 22.8. The first-order chi connectivity index (χ1) is 18.5. The van der Waals surface area contributed by atoms with Crippen LogP contribution in [-0.4, -0.2) is 62.9 Å². The van der Waals surface area contributed by atoms with Crippen molar-refractivity contribution in [2.75, 3.05) is 26.4 Å². The molecule has 38 heavy (non-hydrogen) atoms. The van der Waals surface area contributed by atoms with Gasteiger partial charge in [0.1, 0.15) is 12.5 Å². The summed E-state index contributed by atoms with van der Waals surface area (Å²) in [5.74, 6) is -0.296. The molecule has 0 unspecified atom stereocenters. The van der Waals surface area contributed by atoms with E-state index in [-0.39, 0.29) is 47.8 Å². The number of nitrogens with zero attached hydrogens (tertiary/aromatic N) is 5. The summed E-state index contributed by atoms with van der Waals surface area (Å²) in [7, 11) is 0. The lowest BCUT2D eigenvalue weighted by atomic mass is 10.1. The fraction of sp³-hybridized carbons (Fsp3) is 0.480. The first kappa shape index (κ1) is 26.9. The van der Waals surface area contributed by atoms with E-state index in [2.05, 4.69) is 15.1 Å². The number of esters is 1. The van der Waals surface area contributed by atoms with E-state index in [4.69, 9.17) is 18.6 Å². The molecule has 4 heterocycles. The predicted molar refractivity (Wildman–Crippen MR) is 132 cm³/mol. The summed E-state index contributed by atoms with van der Waals surface area (Å²) >= 11 is 0. The Morgan fingerprint density at radius 1 is 1.24 bits per heavy atom. The number of rotatable bonds is 13. The van der Waals surface area contributed by atoms with Crippen molar-refractivity contribution in [2.24, 2.45) is 0 Å². The van der Waals surface area contributed by atoms with Crippen LogP contribution < -0.4 is 4.74 Å². The van der Waals surface area contributed by atoms with Gasteiger partial charge in [0.25, 0.3) is 0 Å². The van der Waals surface area contributed by atoms with Crippen molar-refractivity contribution in [3.63, 3.8) is 0 Å². The van der Waals surface area contributed by atoms with Gasteiger partial charge in [-0.1, -0.05) is 0 Å². The van der Waals surface area contributed by atoms with Crippen LogP contribution in [0.1, 0.15) is 72.5 Å². The first-order valence-corrected chi connectivity index (χ1v) is 12.5. The highest BCUT2D eigenvalue weighted by atomic mass is 16.6. The van der Waals surface area contributed by atoms with E-state index in [1.165, 1.54) is 12.5 Å². The van der Waals surface area contributed by atoms with Crippen LogP contribution in [0.3, 0.4) is 0 Å². The van der Waals surface area contributed by atoms with E-state index in [1.54, 1.807) is 29.9 Å². The van der Waals surface area contributed by atoms with Gasteiger partial charge in [0.2, 0.25) is 17.5 Å². The maximum atomic E-state index is 12.7. The topological polar surface area (TPSA) is 162 Å². The molecule has 1 aliphatic heterocycles. The van der Waals surface area contributed by atoms with Gasteiger partial charge in [0.05, 0.1) is 24.2 Å². The molecule has 0 bridgehead atoms. The molecule has 13 nitrogen and oxygen atoms in total. The lowest BCUT2D eigenvalue weighted by molar-refractivity contribution is -0.385. The van der Waals surface area contributed by atoms with Crippen LogP contribution in [0.25, 0.3) is 11.5 Å². The summed E-state index contributed by atoms with van der Waals surface area (Å²) in [4.78, 5) is 43.7. The van der Waals surface area contributed by atoms with Gasteiger partial charge >= 0.3 is 11.7 Å². The zero-order valence-corrected chi connectivity index (χ0v) is 21.0. The zero-order valence-electron chi connectivity index (χ0n) is 21.0. The van der Waals surface area contributed by atoms with E-state index in [0.29, 0.717) is 63.4 Å². The van der Waals surface area contributed by atoms with Crippen molar-refractivity contribution in [2.45, 2.75) is 51.5 Å². The average molecular weight is 528 g/mol. The second-order valence-corrected chi connectivity index (χ2v) is 8.67. The Morgan fingerprint density at radius 2 is 2.05 bits per heavy atom. The lowest BCUT2D eigenvalue weighted by Crippen LogP contribution is -2.20. The molecular formula is C25H29N5O8. The molecule has 1 saturated heterocycles. The van der Waals surface area contributed by atoms with Crippen molar-refractivity contribution in [3.8, 4) is 17.3 Å². The SMILES string of the molecule is CCOC(=O)c1coc(-c2ccnc(OCCCCCC(=O)c3nn(C4CCOCC4)cc3[N+](=O)[O-])c2)n1. The summed E-state index contributed by atoms with van der Waals surface area (Å²) in [6, 6.07) is 3.33. The minimum atomic E-state index is -0.561. The van der Waals surface area contributed by atoms with Crippen LogP contribution >= 0.6 is 0 Å². The van der Waals surface area contributed by atoms with Crippen LogP contribution in [0, 0.1) is 10.1 Å². The number of oxazole rings is 1. The van der Waals surface area contributed by atoms with Crippen LogP contribution in [0.4, 0.5) is 5.69 Å². The Hall–Kier alpha value is -4.13. The minimum Gasteiger partial charge on any atom is -0.478 e. The van der Waals surface area contributed by atoms with E-state index in [9.17, 15) is 19.7 Å². The van der Waals surface area contributed by atoms with Gasteiger partial charge in [-0.15, -0.1) is 0 Å². The second kappa shape index (κ2) is 12.9. The number of hydrogen-bond acceptors (Lipinski definition) is 11. The lowest BCUT2D eigenvalue weighted by Gasteiger charge is -2.21. The molecule has 1 aliphatic rings. The maximum Gasteiger partial charge on any atom is 0.360 e. The van der Waals surface area contributed by atoms with Crippen molar-refractivity contribution >= 4 is 17.4 Å². The number of carbonyl (C=O) groups excluding carboxylic acids is 2. The van der Waals surface area contributed by atoms with Crippen LogP contribution in [0.2, 0.25) is 0 Å². The average Bonchev–Trinajstić information content (AvgIpc) is 3.60. The van der Waals surface area contributed by atoms with Gasteiger partial charge < -0.3 is 18.6 Å². The molecule has 3 aromatic heterocycles. The summed E-state index contributed by atoms with van der Waals surface area (Å²) in [5, 5.41) is 15.7. The number of nitro groups is 1. The molecule has 3 aromatic rings. The third kappa shape index (κ3) is 6.79. The Balaban J connectivity index is 1.23. The molecule has 0 atom stereocenters. The van der Waals surface area contributed by atoms with Gasteiger partial charge in [-0.2, -0.15) is 5.10 Å². The Bertz CT molecular complexity index is 1260. The molecule has 202 valence electrons. The third-order valence-electron chi connectivity index (χ3n) is 6.01. The summed E-state index contributed by atoms with van der Waals surface area (Å²) in [6.07, 6.45) is 7.59. The summed E-state index contributed by atoms with van der Waals surface area (Å²) in [6.45, 7) is 3.45. The standard InChI is InChI=1S/C25H29N5O8/c1-2-36-25(32)19-16-38-24(27-19)17-7-10-26-22(14-17)37-11-5-3-4-6-21(31)23-20(30(33)34)15-29(28-23)18-8-12-35-13-9-18/h7,10,14-16,18H,2-6,8-9,11-13H2,1H3. The minimum absolute atomic E-state index is 0.00329. The maximum absolute atomic E-state index is 12.7. The Kier molecular flexibility index (Phi) is 9.14. The van der Waals surface area contributed by atoms with E-state index in [0.717, 1.165) is 0 Å². The smallest absolute Gasteiger partial charge is 0.360 e. The molecule has 0 aromatic carbocycles. The van der Waals surface area contributed by atoms with Crippen molar-refractivity contribution in [3.05, 3.63) is 52.3 Å². The van der Waals surface area contributed by atoms with Gasteiger partial charge in [-0.3, -0.25) is 19.6 Å². The van der Waals surface area contributed by atoms with Crippen LogP contribution in [0.5, 0.6) is 5.88 Å². The molecule has 0 amide bonds. The second-order valence-electron chi connectivity index (χ2n) is 8.67. The van der Waals surface area contributed by atoms with Gasteiger partial charge in [-0.25, -0.2) is 14.8 Å². The monoisotopic (exact) mass is 527 g/mol. The number of Topliss-reactive ketones (excluding diaryl/α,β-unsaturated/α-hetero) is 1. The van der Waals surface area contributed by atoms with E-state index < -0.39 is 10.9 Å². The molecule has 0 N–H and O–H groups in total. The molecule has 0 spiro atoms. The molecule has 13 heteroatoms. The van der Waals surface area contributed by atoms with Crippen molar-refractivity contribution in [1.82, 2.24) is 19.7 Å². The zero-order chi connectivity index (χ0) is 26.9. The molecular weight excluding hydrogens is 498 g/mol. The van der Waals surface area contributed by atoms with Crippen LogP contribution in [-0.2, 0) is 9.47 Å². The van der Waals surface area contributed by atoms with E-state index >= 15 is 0 Å². The molecule has 4 rings (SSSR count). The fourth-order valence-electron chi connectivity index (χ4n) is 4.04. The number of ether oxygens (including phenoxy) is 3. The number of pyridine rings is 1. The number of ketones is 1. The van der Waals surface area contributed by atoms with Gasteiger partial charge in [0, 0.05) is 37.5 Å². The molecule has 0 aliphatic carbocycles. The largest absolute Gasteiger partial charge is 0.478 e. The van der Waals surface area contributed by atoms with Gasteiger partial charge in [-0.05, 0) is 45.1 Å². The fourth-order valence-corrected chi connectivity index (χ4v) is 4.04. The number of hydrogen-bond donors (Lipinski definition) is 0. The highest BCUT2D eigenvalue weighted by Crippen LogP contribution is 2.26. The number of unbranched alkanes of at least 4 members (excludes halogenated alkanes) is 2. The Labute approximate surface area is 218 Å². The number of aromatic nitrogens is 4. The van der Waals surface area contributed by atoms with Crippen molar-refractivity contribution < 1.29 is 33.1 Å². The highest BCUT2D eigenvalue weighted by Gasteiger charge is 2.28. The van der Waals surface area contributed by atoms with Crippen LogP contribution in [0.15, 0.2) is 35.2 Å². The normalized spacial score (nSPS) is 13.8. The molecule has 0 radical (unpaired) electrons. The van der Waals surface area contributed by atoms with Gasteiger partial charge in [0.15, 0.2) is 11.5 Å². The predicted octanol–water partition coefficient (Wildman–Crippen LogP) is 4.19. The molecule has 1 fully saturated rings. The van der Waals surface area contributed by atoms with E-state index in [1.807, 2.05) is 0 Å². The molecule has 0 saturated carbocycles. The summed E-state index contributed by atoms with van der Waals surface area (Å²) in [5.41, 5.74) is 0.335. The van der Waals surface area contributed by atoms with Crippen molar-refractivity contribution in [1.29, 1.82) is 0 Å². The third-order valence-corrected chi connectivity index (χ3v) is 6.01. The number of carbonyl (C=O) groups is 2.